The molecular weight excluding hydrogens is 320 g/mol. The van der Waals surface area contributed by atoms with Crippen LogP contribution in [0, 0.1) is 0 Å². The molecule has 0 bridgehead atoms. The van der Waals surface area contributed by atoms with Crippen LogP contribution in [0.5, 0.6) is 11.5 Å². The first-order valence-electron chi connectivity index (χ1n) is 7.79. The number of rotatable bonds is 5. The van der Waals surface area contributed by atoms with Crippen molar-refractivity contribution in [3.63, 3.8) is 0 Å². The van der Waals surface area contributed by atoms with E-state index < -0.39 is 11.9 Å². The molecule has 3 aromatic rings. The van der Waals surface area contributed by atoms with Crippen LogP contribution in [0.3, 0.4) is 0 Å². The molecule has 5 heteroatoms. The molecule has 5 nitrogen and oxygen atoms in total. The van der Waals surface area contributed by atoms with Crippen molar-refractivity contribution in [2.45, 2.75) is 6.92 Å². The van der Waals surface area contributed by atoms with E-state index in [1.54, 1.807) is 13.0 Å². The predicted molar refractivity (Wildman–Crippen MR) is 93.4 cm³/mol. The van der Waals surface area contributed by atoms with Gasteiger partial charge in [-0.25, -0.2) is 9.59 Å². The zero-order valence-corrected chi connectivity index (χ0v) is 13.6. The number of esters is 1. The summed E-state index contributed by atoms with van der Waals surface area (Å²) >= 11 is 0. The minimum absolute atomic E-state index is 0.0404. The molecule has 0 aliphatic carbocycles. The normalized spacial score (nSPS) is 10.4. The van der Waals surface area contributed by atoms with Crippen LogP contribution < -0.4 is 4.74 Å². The first-order chi connectivity index (χ1) is 12.1. The summed E-state index contributed by atoms with van der Waals surface area (Å²) in [5.74, 6) is -0.919. The van der Waals surface area contributed by atoms with Crippen molar-refractivity contribution < 1.29 is 24.2 Å². The molecule has 3 aromatic carbocycles. The van der Waals surface area contributed by atoms with Gasteiger partial charge in [0.25, 0.3) is 0 Å². The number of hydrogen-bond acceptors (Lipinski definition) is 4. The van der Waals surface area contributed by atoms with Gasteiger partial charge in [0, 0.05) is 0 Å². The number of carboxylic acid groups (broad SMARTS) is 1. The van der Waals surface area contributed by atoms with Crippen LogP contribution in [0.1, 0.15) is 27.6 Å². The van der Waals surface area contributed by atoms with Crippen molar-refractivity contribution in [1.82, 2.24) is 0 Å². The molecular formula is C20H16O5. The van der Waals surface area contributed by atoms with Crippen LogP contribution in [-0.2, 0) is 4.74 Å². The van der Waals surface area contributed by atoms with Gasteiger partial charge >= 0.3 is 11.9 Å². The number of benzene rings is 3. The van der Waals surface area contributed by atoms with Gasteiger partial charge in [0.2, 0.25) is 0 Å². The smallest absolute Gasteiger partial charge is 0.338 e. The summed E-state index contributed by atoms with van der Waals surface area (Å²) in [6, 6.07) is 17.5. The highest BCUT2D eigenvalue weighted by atomic mass is 16.5. The molecule has 0 aliphatic rings. The second kappa shape index (κ2) is 7.05. The van der Waals surface area contributed by atoms with Gasteiger partial charge in [-0.3, -0.25) is 0 Å². The highest BCUT2D eigenvalue weighted by molar-refractivity contribution is 5.95. The molecule has 0 aromatic heterocycles. The minimum atomic E-state index is -1.14. The SMILES string of the molecule is CCOC(=O)c1cc(Oc2ccc3ccccc3c2)cc(C(=O)O)c1. The zero-order chi connectivity index (χ0) is 17.8. The Morgan fingerprint density at radius 2 is 1.60 bits per heavy atom. The Labute approximate surface area is 144 Å². The molecule has 3 rings (SSSR count). The van der Waals surface area contributed by atoms with Crippen molar-refractivity contribution in [1.29, 1.82) is 0 Å². The quantitative estimate of drug-likeness (QED) is 0.694. The highest BCUT2D eigenvalue weighted by Gasteiger charge is 2.14. The van der Waals surface area contributed by atoms with Crippen molar-refractivity contribution in [3.8, 4) is 11.5 Å². The Kier molecular flexibility index (Phi) is 4.66. The Hall–Kier alpha value is -3.34. The van der Waals surface area contributed by atoms with Gasteiger partial charge in [0.15, 0.2) is 0 Å². The van der Waals surface area contributed by atoms with Gasteiger partial charge in [0.1, 0.15) is 11.5 Å². The number of carboxylic acids is 1. The average Bonchev–Trinajstić information content (AvgIpc) is 2.61. The molecule has 0 fully saturated rings. The molecule has 1 N–H and O–H groups in total. The van der Waals surface area contributed by atoms with Gasteiger partial charge in [-0.2, -0.15) is 0 Å². The van der Waals surface area contributed by atoms with E-state index in [2.05, 4.69) is 0 Å². The van der Waals surface area contributed by atoms with Crippen molar-refractivity contribution in [3.05, 3.63) is 71.8 Å². The molecule has 25 heavy (non-hydrogen) atoms. The topological polar surface area (TPSA) is 72.8 Å². The molecule has 0 heterocycles. The molecule has 0 spiro atoms. The van der Waals surface area contributed by atoms with Crippen molar-refractivity contribution in [2.24, 2.45) is 0 Å². The largest absolute Gasteiger partial charge is 0.478 e. The third-order valence-corrected chi connectivity index (χ3v) is 3.62. The number of fused-ring (bicyclic) bond motifs is 1. The number of ether oxygens (including phenoxy) is 2. The van der Waals surface area contributed by atoms with E-state index in [0.717, 1.165) is 10.8 Å². The van der Waals surface area contributed by atoms with E-state index in [0.29, 0.717) is 5.75 Å². The lowest BCUT2D eigenvalue weighted by Crippen LogP contribution is -2.07. The Morgan fingerprint density at radius 1 is 0.880 bits per heavy atom. The third kappa shape index (κ3) is 3.77. The lowest BCUT2D eigenvalue weighted by atomic mass is 10.1. The van der Waals surface area contributed by atoms with E-state index >= 15 is 0 Å². The summed E-state index contributed by atoms with van der Waals surface area (Å²) in [7, 11) is 0. The lowest BCUT2D eigenvalue weighted by Gasteiger charge is -2.10. The summed E-state index contributed by atoms with van der Waals surface area (Å²) in [5.41, 5.74) is 0.0962. The van der Waals surface area contributed by atoms with Gasteiger partial charge in [0.05, 0.1) is 17.7 Å². The second-order valence-corrected chi connectivity index (χ2v) is 5.38. The summed E-state index contributed by atoms with van der Waals surface area (Å²) in [6.45, 7) is 1.89. The van der Waals surface area contributed by atoms with Gasteiger partial charge in [-0.05, 0) is 48.0 Å². The van der Waals surface area contributed by atoms with Crippen molar-refractivity contribution in [2.75, 3.05) is 6.61 Å². The zero-order valence-electron chi connectivity index (χ0n) is 13.6. The highest BCUT2D eigenvalue weighted by Crippen LogP contribution is 2.27. The van der Waals surface area contributed by atoms with E-state index in [9.17, 15) is 14.7 Å². The fourth-order valence-electron chi connectivity index (χ4n) is 2.48. The minimum Gasteiger partial charge on any atom is -0.478 e. The molecule has 0 unspecified atom stereocenters. The maximum absolute atomic E-state index is 11.9. The summed E-state index contributed by atoms with van der Waals surface area (Å²) in [5, 5.41) is 11.3. The molecule has 126 valence electrons. The Morgan fingerprint density at radius 3 is 2.32 bits per heavy atom. The molecule has 0 atom stereocenters. The first-order valence-corrected chi connectivity index (χ1v) is 7.79. The van der Waals surface area contributed by atoms with Gasteiger partial charge in [-0.1, -0.05) is 30.3 Å². The number of carbonyl (C=O) groups excluding carboxylic acids is 1. The number of aromatic carboxylic acids is 1. The fourth-order valence-corrected chi connectivity index (χ4v) is 2.48. The van der Waals surface area contributed by atoms with Crippen LogP contribution in [-0.4, -0.2) is 23.7 Å². The van der Waals surface area contributed by atoms with Crippen LogP contribution in [0.25, 0.3) is 10.8 Å². The number of carbonyl (C=O) groups is 2. The first kappa shape index (κ1) is 16.5. The monoisotopic (exact) mass is 336 g/mol. The fraction of sp³-hybridized carbons (Fsp3) is 0.100. The average molecular weight is 336 g/mol. The maximum atomic E-state index is 11.9. The maximum Gasteiger partial charge on any atom is 0.338 e. The van der Waals surface area contributed by atoms with Crippen LogP contribution in [0.2, 0.25) is 0 Å². The predicted octanol–water partition coefficient (Wildman–Crippen LogP) is 4.51. The summed E-state index contributed by atoms with van der Waals surface area (Å²) in [6.07, 6.45) is 0. The van der Waals surface area contributed by atoms with Crippen molar-refractivity contribution >= 4 is 22.7 Å². The second-order valence-electron chi connectivity index (χ2n) is 5.38. The summed E-state index contributed by atoms with van der Waals surface area (Å²) in [4.78, 5) is 23.2. The molecule has 0 radical (unpaired) electrons. The van der Waals surface area contributed by atoms with Crippen LogP contribution in [0.4, 0.5) is 0 Å². The molecule has 0 saturated carbocycles. The third-order valence-electron chi connectivity index (χ3n) is 3.62. The Bertz CT molecular complexity index is 946. The summed E-state index contributed by atoms with van der Waals surface area (Å²) < 4.78 is 10.7. The molecule has 0 amide bonds. The standard InChI is InChI=1S/C20H16O5/c1-2-24-20(23)16-9-15(19(21)22)11-18(12-16)25-17-8-7-13-5-3-4-6-14(13)10-17/h3-12H,2H2,1H3,(H,21,22). The molecule has 0 saturated heterocycles. The van der Waals surface area contributed by atoms with Crippen LogP contribution >= 0.6 is 0 Å². The van der Waals surface area contributed by atoms with E-state index in [-0.39, 0.29) is 23.5 Å². The molecule has 0 aliphatic heterocycles. The number of hydrogen-bond donors (Lipinski definition) is 1. The van der Waals surface area contributed by atoms with Gasteiger partial charge < -0.3 is 14.6 Å². The lowest BCUT2D eigenvalue weighted by molar-refractivity contribution is 0.0526. The Balaban J connectivity index is 1.96. The van der Waals surface area contributed by atoms with E-state index in [1.165, 1.54) is 18.2 Å². The van der Waals surface area contributed by atoms with Gasteiger partial charge in [-0.15, -0.1) is 0 Å². The van der Waals surface area contributed by atoms with E-state index in [1.807, 2.05) is 36.4 Å². The van der Waals surface area contributed by atoms with Crippen LogP contribution in [0.15, 0.2) is 60.7 Å². The van der Waals surface area contributed by atoms with E-state index in [4.69, 9.17) is 9.47 Å².